The summed E-state index contributed by atoms with van der Waals surface area (Å²) in [6.45, 7) is 2.03. The molecule has 0 bridgehead atoms. The van der Waals surface area contributed by atoms with Crippen LogP contribution in [0.4, 0.5) is 4.39 Å². The summed E-state index contributed by atoms with van der Waals surface area (Å²) < 4.78 is 11.4. The van der Waals surface area contributed by atoms with Crippen molar-refractivity contribution in [3.05, 3.63) is 0 Å². The van der Waals surface area contributed by atoms with E-state index in [1.54, 1.807) is 0 Å². The molecule has 2 heteroatoms. The first-order valence-corrected chi connectivity index (χ1v) is 3.47. The molecule has 0 unspecified atom stereocenters. The van der Waals surface area contributed by atoms with Crippen molar-refractivity contribution in [2.24, 2.45) is 0 Å². The van der Waals surface area contributed by atoms with Crippen LogP contribution in [0.25, 0.3) is 0 Å². The van der Waals surface area contributed by atoms with Crippen LogP contribution in [0.1, 0.15) is 39.0 Å². The van der Waals surface area contributed by atoms with Crippen LogP contribution in [0.15, 0.2) is 0 Å². The summed E-state index contributed by atoms with van der Waals surface area (Å²) in [6, 6.07) is 0. The first-order chi connectivity index (χ1) is 3.91. The number of hydrogen-bond donors (Lipinski definition) is 0. The molecule has 0 aliphatic rings. The minimum Gasteiger partial charge on any atom is -0.412 e. The second-order valence-electron chi connectivity index (χ2n) is 2.10. The smallest absolute Gasteiger partial charge is 0.0894 e. The molecular formula is C7H17FO. The van der Waals surface area contributed by atoms with Crippen molar-refractivity contribution in [3.63, 3.8) is 0 Å². The predicted molar refractivity (Wildman–Crippen MR) is 38.3 cm³/mol. The summed E-state index contributed by atoms with van der Waals surface area (Å²) in [5.74, 6) is 0. The van der Waals surface area contributed by atoms with E-state index in [2.05, 4.69) is 6.92 Å². The molecule has 0 aromatic heterocycles. The van der Waals surface area contributed by atoms with Gasteiger partial charge in [-0.2, -0.15) is 0 Å². The molecular weight excluding hydrogens is 119 g/mol. The number of halogens is 1. The molecule has 2 N–H and O–H groups in total. The van der Waals surface area contributed by atoms with Gasteiger partial charge in [-0.15, -0.1) is 0 Å². The van der Waals surface area contributed by atoms with E-state index >= 15 is 0 Å². The maximum Gasteiger partial charge on any atom is 0.0894 e. The van der Waals surface area contributed by atoms with Crippen LogP contribution in [-0.4, -0.2) is 12.2 Å². The lowest BCUT2D eigenvalue weighted by molar-refractivity contribution is 0.452. The van der Waals surface area contributed by atoms with Crippen molar-refractivity contribution in [3.8, 4) is 0 Å². The molecule has 0 saturated carbocycles. The first kappa shape index (κ1) is 11.7. The Morgan fingerprint density at radius 1 is 1.00 bits per heavy atom. The van der Waals surface area contributed by atoms with Gasteiger partial charge in [0.1, 0.15) is 0 Å². The van der Waals surface area contributed by atoms with E-state index in [-0.39, 0.29) is 12.2 Å². The van der Waals surface area contributed by atoms with E-state index in [9.17, 15) is 4.39 Å². The molecule has 0 atom stereocenters. The van der Waals surface area contributed by atoms with Crippen LogP contribution < -0.4 is 0 Å². The fourth-order valence-electron chi connectivity index (χ4n) is 0.698. The van der Waals surface area contributed by atoms with E-state index in [0.717, 1.165) is 12.8 Å². The zero-order chi connectivity index (χ0) is 6.24. The Hall–Kier alpha value is -0.110. The van der Waals surface area contributed by atoms with Crippen molar-refractivity contribution < 1.29 is 9.87 Å². The van der Waals surface area contributed by atoms with E-state index in [1.807, 2.05) is 0 Å². The second-order valence-corrected chi connectivity index (χ2v) is 2.10. The van der Waals surface area contributed by atoms with Gasteiger partial charge >= 0.3 is 0 Å². The highest BCUT2D eigenvalue weighted by atomic mass is 19.1. The van der Waals surface area contributed by atoms with Crippen molar-refractivity contribution in [1.82, 2.24) is 0 Å². The van der Waals surface area contributed by atoms with Crippen LogP contribution in [0.5, 0.6) is 0 Å². The first-order valence-electron chi connectivity index (χ1n) is 3.47. The molecule has 0 amide bonds. The van der Waals surface area contributed by atoms with Crippen molar-refractivity contribution in [2.45, 2.75) is 39.0 Å². The van der Waals surface area contributed by atoms with Gasteiger partial charge in [0.05, 0.1) is 6.67 Å². The lowest BCUT2D eigenvalue weighted by atomic mass is 10.2. The summed E-state index contributed by atoms with van der Waals surface area (Å²) >= 11 is 0. The Bertz CT molecular complexity index is 33.9. The standard InChI is InChI=1S/C7H15F.H2O/c1-2-3-4-5-6-7-8;/h2-7H2,1H3;1H2. The van der Waals surface area contributed by atoms with E-state index in [4.69, 9.17) is 0 Å². The highest BCUT2D eigenvalue weighted by Gasteiger charge is 1.84. The van der Waals surface area contributed by atoms with Crippen LogP contribution in [0, 0.1) is 0 Å². The lowest BCUT2D eigenvalue weighted by Gasteiger charge is -1.92. The molecule has 0 radical (unpaired) electrons. The van der Waals surface area contributed by atoms with Gasteiger partial charge in [0.25, 0.3) is 0 Å². The quantitative estimate of drug-likeness (QED) is 0.518. The summed E-state index contributed by atoms with van der Waals surface area (Å²) in [6.07, 6.45) is 5.55. The van der Waals surface area contributed by atoms with Gasteiger partial charge in [-0.3, -0.25) is 4.39 Å². The molecule has 0 aromatic rings. The largest absolute Gasteiger partial charge is 0.412 e. The summed E-state index contributed by atoms with van der Waals surface area (Å²) in [4.78, 5) is 0. The fourth-order valence-corrected chi connectivity index (χ4v) is 0.698. The average molecular weight is 136 g/mol. The maximum atomic E-state index is 11.4. The number of alkyl halides is 1. The molecule has 0 aliphatic heterocycles. The van der Waals surface area contributed by atoms with Crippen molar-refractivity contribution in [2.75, 3.05) is 6.67 Å². The Morgan fingerprint density at radius 2 is 1.56 bits per heavy atom. The molecule has 0 aliphatic carbocycles. The van der Waals surface area contributed by atoms with Crippen molar-refractivity contribution >= 4 is 0 Å². The third-order valence-electron chi connectivity index (χ3n) is 1.24. The van der Waals surface area contributed by atoms with E-state index in [0.29, 0.717) is 0 Å². The third kappa shape index (κ3) is 11.4. The number of hydrogen-bond acceptors (Lipinski definition) is 0. The van der Waals surface area contributed by atoms with Crippen molar-refractivity contribution in [1.29, 1.82) is 0 Å². The molecule has 0 aromatic carbocycles. The summed E-state index contributed by atoms with van der Waals surface area (Å²) in [5.41, 5.74) is 0. The van der Waals surface area contributed by atoms with E-state index < -0.39 is 0 Å². The number of rotatable bonds is 5. The molecule has 1 nitrogen and oxygen atoms in total. The molecule has 0 heterocycles. The van der Waals surface area contributed by atoms with Gasteiger partial charge in [0, 0.05) is 0 Å². The highest BCUT2D eigenvalue weighted by molar-refractivity contribution is 4.39. The Labute approximate surface area is 56.6 Å². The fraction of sp³-hybridized carbons (Fsp3) is 1.00. The van der Waals surface area contributed by atoms with Gasteiger partial charge < -0.3 is 5.48 Å². The zero-order valence-corrected chi connectivity index (χ0v) is 6.12. The molecule has 0 rings (SSSR count). The van der Waals surface area contributed by atoms with Crippen LogP contribution in [0.3, 0.4) is 0 Å². The second kappa shape index (κ2) is 10.8. The summed E-state index contributed by atoms with van der Waals surface area (Å²) in [7, 11) is 0. The molecule has 58 valence electrons. The van der Waals surface area contributed by atoms with Gasteiger partial charge in [0.2, 0.25) is 0 Å². The van der Waals surface area contributed by atoms with Gasteiger partial charge in [-0.1, -0.05) is 32.6 Å². The minimum absolute atomic E-state index is 0. The molecule has 0 saturated heterocycles. The average Bonchev–Trinajstić information content (AvgIpc) is 1.81. The molecule has 0 fully saturated rings. The Kier molecular flexibility index (Phi) is 14.0. The topological polar surface area (TPSA) is 31.5 Å². The monoisotopic (exact) mass is 136 g/mol. The maximum absolute atomic E-state index is 11.4. The van der Waals surface area contributed by atoms with Crippen LogP contribution in [0.2, 0.25) is 0 Å². The minimum atomic E-state index is -0.135. The highest BCUT2D eigenvalue weighted by Crippen LogP contribution is 2.01. The third-order valence-corrected chi connectivity index (χ3v) is 1.24. The zero-order valence-electron chi connectivity index (χ0n) is 6.12. The normalized spacial score (nSPS) is 8.67. The van der Waals surface area contributed by atoms with Gasteiger partial charge in [-0.05, 0) is 6.42 Å². The molecule has 9 heavy (non-hydrogen) atoms. The Morgan fingerprint density at radius 3 is 2.00 bits per heavy atom. The Balaban J connectivity index is 0. The molecule has 0 spiro atoms. The number of unbranched alkanes of at least 4 members (excludes halogenated alkanes) is 4. The predicted octanol–water partition coefficient (Wildman–Crippen LogP) is 2.10. The van der Waals surface area contributed by atoms with Gasteiger partial charge in [-0.25, -0.2) is 0 Å². The lowest BCUT2D eigenvalue weighted by Crippen LogP contribution is -1.77. The van der Waals surface area contributed by atoms with Crippen LogP contribution >= 0.6 is 0 Å². The SMILES string of the molecule is CCCCCCCF.O. The van der Waals surface area contributed by atoms with Crippen LogP contribution in [-0.2, 0) is 0 Å². The van der Waals surface area contributed by atoms with Gasteiger partial charge in [0.15, 0.2) is 0 Å². The van der Waals surface area contributed by atoms with E-state index in [1.165, 1.54) is 19.3 Å². The summed E-state index contributed by atoms with van der Waals surface area (Å²) in [5, 5.41) is 0.